The lowest BCUT2D eigenvalue weighted by Crippen LogP contribution is -2.44. The summed E-state index contributed by atoms with van der Waals surface area (Å²) in [6, 6.07) is 12.3. The number of methoxy groups -OCH3 is 2. The van der Waals surface area contributed by atoms with Crippen LogP contribution in [0.3, 0.4) is 0 Å². The van der Waals surface area contributed by atoms with E-state index < -0.39 is 0 Å². The van der Waals surface area contributed by atoms with Gasteiger partial charge >= 0.3 is 0 Å². The first-order valence-electron chi connectivity index (χ1n) is 10.2. The number of hydrazone groups is 1. The Morgan fingerprint density at radius 1 is 1.00 bits per heavy atom. The zero-order valence-corrected chi connectivity index (χ0v) is 18.1. The predicted octanol–water partition coefficient (Wildman–Crippen LogP) is 3.49. The van der Waals surface area contributed by atoms with Gasteiger partial charge in [0.25, 0.3) is 0 Å². The van der Waals surface area contributed by atoms with E-state index in [1.54, 1.807) is 38.6 Å². The number of rotatable bonds is 7. The van der Waals surface area contributed by atoms with Crippen LogP contribution in [0.25, 0.3) is 0 Å². The second kappa shape index (κ2) is 10.5. The van der Waals surface area contributed by atoms with Crippen LogP contribution in [0.2, 0.25) is 0 Å². The topological polar surface area (TPSA) is 92.3 Å². The minimum atomic E-state index is -0.350. The molecule has 0 aliphatic carbocycles. The quantitative estimate of drug-likeness (QED) is 0.664. The molecule has 8 nitrogen and oxygen atoms in total. The van der Waals surface area contributed by atoms with Gasteiger partial charge in [-0.15, -0.1) is 0 Å². The minimum Gasteiger partial charge on any atom is -0.493 e. The van der Waals surface area contributed by atoms with Crippen molar-refractivity contribution >= 4 is 29.4 Å². The van der Waals surface area contributed by atoms with Crippen molar-refractivity contribution in [3.63, 3.8) is 0 Å². The number of piperidine rings is 1. The fourth-order valence-corrected chi connectivity index (χ4v) is 3.46. The van der Waals surface area contributed by atoms with Crippen molar-refractivity contribution in [3.05, 3.63) is 48.0 Å². The van der Waals surface area contributed by atoms with Gasteiger partial charge in [-0.2, -0.15) is 5.10 Å². The first-order chi connectivity index (χ1) is 15.0. The van der Waals surface area contributed by atoms with Gasteiger partial charge in [-0.3, -0.25) is 14.6 Å². The highest BCUT2D eigenvalue weighted by Crippen LogP contribution is 2.30. The van der Waals surface area contributed by atoms with Crippen LogP contribution in [0.5, 0.6) is 11.5 Å². The summed E-state index contributed by atoms with van der Waals surface area (Å²) in [7, 11) is 3.13. The number of amides is 2. The Morgan fingerprint density at radius 3 is 2.39 bits per heavy atom. The number of nitrogens with zero attached hydrogens (tertiary/aromatic N) is 2. The van der Waals surface area contributed by atoms with E-state index in [1.165, 1.54) is 6.92 Å². The maximum absolute atomic E-state index is 13.0. The number of nitrogens with one attached hydrogen (secondary N) is 2. The Bertz CT molecular complexity index is 943. The molecular weight excluding hydrogens is 396 g/mol. The van der Waals surface area contributed by atoms with Crippen molar-refractivity contribution < 1.29 is 19.1 Å². The number of anilines is 2. The summed E-state index contributed by atoms with van der Waals surface area (Å²) in [6.45, 7) is 2.18. The first-order valence-corrected chi connectivity index (χ1v) is 10.2. The van der Waals surface area contributed by atoms with E-state index in [9.17, 15) is 9.59 Å². The molecule has 2 amide bonds. The summed E-state index contributed by atoms with van der Waals surface area (Å²) in [6.07, 6.45) is 4.43. The Morgan fingerprint density at radius 2 is 1.71 bits per heavy atom. The zero-order chi connectivity index (χ0) is 22.2. The van der Waals surface area contributed by atoms with E-state index in [-0.39, 0.29) is 17.9 Å². The average Bonchev–Trinajstić information content (AvgIpc) is 2.78. The number of carbonyl (C=O) groups excluding carboxylic acids is 2. The van der Waals surface area contributed by atoms with Gasteiger partial charge in [-0.25, -0.2) is 0 Å². The van der Waals surface area contributed by atoms with Crippen LogP contribution in [0.15, 0.2) is 47.6 Å². The Kier molecular flexibility index (Phi) is 7.48. The smallest absolute Gasteiger partial charge is 0.248 e. The van der Waals surface area contributed by atoms with Crippen LogP contribution < -0.4 is 20.1 Å². The maximum atomic E-state index is 13.0. The van der Waals surface area contributed by atoms with Gasteiger partial charge in [0.15, 0.2) is 11.5 Å². The van der Waals surface area contributed by atoms with E-state index in [0.29, 0.717) is 23.7 Å². The van der Waals surface area contributed by atoms with Gasteiger partial charge in [0, 0.05) is 30.9 Å². The van der Waals surface area contributed by atoms with E-state index >= 15 is 0 Å². The van der Waals surface area contributed by atoms with E-state index in [2.05, 4.69) is 15.7 Å². The van der Waals surface area contributed by atoms with E-state index in [1.807, 2.05) is 29.3 Å². The molecule has 0 spiro atoms. The largest absolute Gasteiger partial charge is 0.493 e. The highest BCUT2D eigenvalue weighted by atomic mass is 16.5. The van der Waals surface area contributed by atoms with E-state index in [0.717, 1.165) is 30.5 Å². The van der Waals surface area contributed by atoms with Crippen molar-refractivity contribution in [2.45, 2.75) is 32.2 Å². The summed E-state index contributed by atoms with van der Waals surface area (Å²) in [4.78, 5) is 24.1. The Hall–Kier alpha value is -3.55. The zero-order valence-electron chi connectivity index (χ0n) is 18.1. The van der Waals surface area contributed by atoms with Crippen molar-refractivity contribution in [2.75, 3.05) is 31.4 Å². The second-order valence-electron chi connectivity index (χ2n) is 7.28. The molecule has 1 fully saturated rings. The third-order valence-electron chi connectivity index (χ3n) is 5.01. The normalized spacial score (nSPS) is 16.1. The summed E-state index contributed by atoms with van der Waals surface area (Å²) >= 11 is 0. The third kappa shape index (κ3) is 5.97. The summed E-state index contributed by atoms with van der Waals surface area (Å²) in [5, 5.41) is 12.1. The highest BCUT2D eigenvalue weighted by molar-refractivity contribution is 5.95. The number of carbonyl (C=O) groups is 2. The second-order valence-corrected chi connectivity index (χ2v) is 7.28. The van der Waals surface area contributed by atoms with Crippen LogP contribution in [-0.2, 0) is 9.59 Å². The van der Waals surface area contributed by atoms with E-state index in [4.69, 9.17) is 9.47 Å². The third-order valence-corrected chi connectivity index (χ3v) is 5.01. The lowest BCUT2D eigenvalue weighted by atomic mass is 10.0. The van der Waals surface area contributed by atoms with Gasteiger partial charge in [-0.05, 0) is 49.1 Å². The molecule has 0 saturated carbocycles. The Balaban J connectivity index is 1.67. The van der Waals surface area contributed by atoms with Gasteiger partial charge in [0.05, 0.1) is 20.4 Å². The van der Waals surface area contributed by atoms with Crippen molar-refractivity contribution in [1.29, 1.82) is 0 Å². The van der Waals surface area contributed by atoms with Crippen LogP contribution in [-0.4, -0.2) is 49.8 Å². The molecule has 0 bridgehead atoms. The van der Waals surface area contributed by atoms with Crippen molar-refractivity contribution in [1.82, 2.24) is 5.01 Å². The SMILES string of the molecule is COc1ccc(NC(=O)C2CCCCN2/N=C/c2ccc(NC(C)=O)cc2)cc1OC. The maximum Gasteiger partial charge on any atom is 0.248 e. The Labute approximate surface area is 182 Å². The van der Waals surface area contributed by atoms with Crippen LogP contribution in [0.1, 0.15) is 31.7 Å². The number of benzene rings is 2. The molecule has 2 aromatic rings. The van der Waals surface area contributed by atoms with Crippen molar-refractivity contribution in [3.8, 4) is 11.5 Å². The molecule has 1 unspecified atom stereocenters. The first kappa shape index (κ1) is 22.1. The molecule has 3 rings (SSSR count). The van der Waals surface area contributed by atoms with Gasteiger partial charge in [0.2, 0.25) is 11.8 Å². The molecule has 0 radical (unpaired) electrons. The molecule has 1 atom stereocenters. The van der Waals surface area contributed by atoms with Gasteiger partial charge in [-0.1, -0.05) is 12.1 Å². The molecule has 2 N–H and O–H groups in total. The molecule has 1 heterocycles. The molecule has 0 aromatic heterocycles. The average molecular weight is 425 g/mol. The molecule has 164 valence electrons. The molecular formula is C23H28N4O4. The highest BCUT2D eigenvalue weighted by Gasteiger charge is 2.28. The van der Waals surface area contributed by atoms with Crippen molar-refractivity contribution in [2.24, 2.45) is 5.10 Å². The predicted molar refractivity (Wildman–Crippen MR) is 121 cm³/mol. The van der Waals surface area contributed by atoms with Gasteiger partial charge in [0.1, 0.15) is 6.04 Å². The van der Waals surface area contributed by atoms with Crippen LogP contribution in [0.4, 0.5) is 11.4 Å². The molecule has 2 aromatic carbocycles. The molecule has 1 aliphatic rings. The minimum absolute atomic E-state index is 0.106. The number of ether oxygens (including phenoxy) is 2. The summed E-state index contributed by atoms with van der Waals surface area (Å²) in [5.74, 6) is 0.943. The lowest BCUT2D eigenvalue weighted by Gasteiger charge is -2.32. The lowest BCUT2D eigenvalue weighted by molar-refractivity contribution is -0.122. The number of hydrogen-bond donors (Lipinski definition) is 2. The number of hydrogen-bond acceptors (Lipinski definition) is 6. The molecule has 8 heteroatoms. The summed E-state index contributed by atoms with van der Waals surface area (Å²) < 4.78 is 10.6. The standard InChI is InChI=1S/C23H28N4O4/c1-16(28)25-18-9-7-17(8-10-18)15-24-27-13-5-4-6-20(27)23(29)26-19-11-12-21(30-2)22(14-19)31-3/h7-12,14-15,20H,4-6,13H2,1-3H3,(H,25,28)(H,26,29)/b24-15+. The van der Waals surface area contributed by atoms with Crippen LogP contribution in [0, 0.1) is 0 Å². The molecule has 1 aliphatic heterocycles. The summed E-state index contributed by atoms with van der Waals surface area (Å²) in [5.41, 5.74) is 2.26. The fourth-order valence-electron chi connectivity index (χ4n) is 3.46. The monoisotopic (exact) mass is 424 g/mol. The molecule has 31 heavy (non-hydrogen) atoms. The van der Waals surface area contributed by atoms with Gasteiger partial charge < -0.3 is 20.1 Å². The molecule has 1 saturated heterocycles. The fraction of sp³-hybridized carbons (Fsp3) is 0.348. The van der Waals surface area contributed by atoms with Crippen LogP contribution >= 0.6 is 0 Å².